The Balaban J connectivity index is 2.02. The minimum Gasteiger partial charge on any atom is -0.352 e. The largest absolute Gasteiger partial charge is 0.352 e. The van der Waals surface area contributed by atoms with Crippen LogP contribution in [0.15, 0.2) is 83.8 Å². The molecule has 3 rings (SSSR count). The van der Waals surface area contributed by atoms with Crippen LogP contribution in [0.1, 0.15) is 32.8 Å². The van der Waals surface area contributed by atoms with Crippen LogP contribution in [0.5, 0.6) is 0 Å². The van der Waals surface area contributed by atoms with E-state index in [1.54, 1.807) is 67.6 Å². The van der Waals surface area contributed by atoms with Crippen LogP contribution in [0.4, 0.5) is 5.69 Å². The number of nitrogens with one attached hydrogen (secondary N) is 1. The van der Waals surface area contributed by atoms with Gasteiger partial charge in [0.05, 0.1) is 10.6 Å². The summed E-state index contributed by atoms with van der Waals surface area (Å²) in [6.07, 6.45) is 0.721. The fourth-order valence-corrected chi connectivity index (χ4v) is 5.58. The molecular weight excluding hydrogens is 545 g/mol. The number of rotatable bonds is 11. The average Bonchev–Trinajstić information content (AvgIpc) is 2.90. The van der Waals surface area contributed by atoms with Crippen molar-refractivity contribution < 1.29 is 18.0 Å². The van der Waals surface area contributed by atoms with Crippen molar-refractivity contribution in [3.05, 3.63) is 94.5 Å². The van der Waals surface area contributed by atoms with E-state index >= 15 is 0 Å². The van der Waals surface area contributed by atoms with Crippen molar-refractivity contribution in [1.29, 1.82) is 0 Å². The van der Waals surface area contributed by atoms with Crippen LogP contribution in [-0.2, 0) is 26.2 Å². The van der Waals surface area contributed by atoms with Crippen LogP contribution in [0.25, 0.3) is 0 Å². The number of benzene rings is 3. The molecule has 0 bridgehead atoms. The van der Waals surface area contributed by atoms with Crippen molar-refractivity contribution in [2.24, 2.45) is 0 Å². The van der Waals surface area contributed by atoms with Gasteiger partial charge in [-0.1, -0.05) is 66.5 Å². The summed E-state index contributed by atoms with van der Waals surface area (Å²) in [5, 5.41) is 3.71. The molecule has 0 saturated carbocycles. The quantitative estimate of drug-likeness (QED) is 0.326. The fourth-order valence-electron chi connectivity index (χ4n) is 3.76. The second kappa shape index (κ2) is 13.1. The Morgan fingerprint density at radius 3 is 2.13 bits per heavy atom. The van der Waals surface area contributed by atoms with Crippen LogP contribution in [0, 0.1) is 0 Å². The molecule has 0 spiro atoms. The van der Waals surface area contributed by atoms with Crippen molar-refractivity contribution in [2.75, 3.05) is 10.8 Å². The smallest absolute Gasteiger partial charge is 0.264 e. The average molecular weight is 577 g/mol. The van der Waals surface area contributed by atoms with E-state index in [9.17, 15) is 18.0 Å². The number of hydrogen-bond donors (Lipinski definition) is 1. The summed E-state index contributed by atoms with van der Waals surface area (Å²) in [4.78, 5) is 28.3. The molecule has 0 heterocycles. The van der Waals surface area contributed by atoms with E-state index in [0.29, 0.717) is 15.6 Å². The standard InChI is InChI=1S/C28H31Cl2N3O4S/c1-4-20(2)31-28(35)21(3)32(18-22-10-8-11-23(29)16-22)27(34)19-33(25-13-9-12-24(30)17-25)38(36,37)26-14-6-5-7-15-26/h5-17,20-21H,4,18-19H2,1-3H3,(H,31,35)/t20-,21-/m1/s1. The Morgan fingerprint density at radius 2 is 1.53 bits per heavy atom. The summed E-state index contributed by atoms with van der Waals surface area (Å²) in [7, 11) is -4.14. The summed E-state index contributed by atoms with van der Waals surface area (Å²) >= 11 is 12.3. The molecule has 2 atom stereocenters. The second-order valence-corrected chi connectivity index (χ2v) is 11.7. The maximum atomic E-state index is 13.9. The van der Waals surface area contributed by atoms with Gasteiger partial charge in [0.25, 0.3) is 10.0 Å². The normalized spacial score (nSPS) is 12.9. The first-order chi connectivity index (χ1) is 18.0. The summed E-state index contributed by atoms with van der Waals surface area (Å²) in [5.74, 6) is -0.897. The van der Waals surface area contributed by atoms with Gasteiger partial charge in [-0.2, -0.15) is 0 Å². The third kappa shape index (κ3) is 7.49. The lowest BCUT2D eigenvalue weighted by Gasteiger charge is -2.32. The summed E-state index contributed by atoms with van der Waals surface area (Å²) in [6, 6.07) is 20.1. The Hall–Kier alpha value is -3.07. The topological polar surface area (TPSA) is 86.8 Å². The number of carbonyl (C=O) groups excluding carboxylic acids is 2. The molecule has 0 aliphatic carbocycles. The van der Waals surface area contributed by atoms with Gasteiger partial charge in [-0.15, -0.1) is 0 Å². The highest BCUT2D eigenvalue weighted by atomic mass is 35.5. The van der Waals surface area contributed by atoms with Gasteiger partial charge in [-0.3, -0.25) is 13.9 Å². The van der Waals surface area contributed by atoms with E-state index in [2.05, 4.69) is 5.32 Å². The molecule has 2 amide bonds. The maximum absolute atomic E-state index is 13.9. The minimum atomic E-state index is -4.14. The van der Waals surface area contributed by atoms with Crippen LogP contribution < -0.4 is 9.62 Å². The van der Waals surface area contributed by atoms with Gasteiger partial charge in [0.1, 0.15) is 12.6 Å². The molecule has 202 valence electrons. The lowest BCUT2D eigenvalue weighted by atomic mass is 10.1. The fraction of sp³-hybridized carbons (Fsp3) is 0.286. The molecule has 0 radical (unpaired) electrons. The summed E-state index contributed by atoms with van der Waals surface area (Å²) < 4.78 is 28.4. The molecule has 10 heteroatoms. The molecule has 0 fully saturated rings. The number of hydrogen-bond acceptors (Lipinski definition) is 4. The number of anilines is 1. The van der Waals surface area contributed by atoms with Gasteiger partial charge in [0, 0.05) is 22.6 Å². The van der Waals surface area contributed by atoms with Crippen molar-refractivity contribution in [1.82, 2.24) is 10.2 Å². The molecule has 38 heavy (non-hydrogen) atoms. The zero-order chi connectivity index (χ0) is 27.9. The van der Waals surface area contributed by atoms with Crippen molar-refractivity contribution in [3.63, 3.8) is 0 Å². The van der Waals surface area contributed by atoms with Crippen LogP contribution in [-0.4, -0.2) is 43.8 Å². The molecule has 0 unspecified atom stereocenters. The molecule has 0 aliphatic rings. The van der Waals surface area contributed by atoms with E-state index in [4.69, 9.17) is 23.2 Å². The first-order valence-electron chi connectivity index (χ1n) is 12.2. The Labute approximate surface area is 234 Å². The summed E-state index contributed by atoms with van der Waals surface area (Å²) in [5.41, 5.74) is 0.934. The monoisotopic (exact) mass is 575 g/mol. The molecular formula is C28H31Cl2N3O4S. The highest BCUT2D eigenvalue weighted by molar-refractivity contribution is 7.92. The Kier molecular flexibility index (Phi) is 10.2. The zero-order valence-corrected chi connectivity index (χ0v) is 23.8. The third-order valence-electron chi connectivity index (χ3n) is 6.12. The van der Waals surface area contributed by atoms with Gasteiger partial charge in [0.15, 0.2) is 0 Å². The first-order valence-corrected chi connectivity index (χ1v) is 14.4. The predicted molar refractivity (Wildman–Crippen MR) is 152 cm³/mol. The summed E-state index contributed by atoms with van der Waals surface area (Å²) in [6.45, 7) is 4.96. The van der Waals surface area contributed by atoms with Crippen molar-refractivity contribution >= 4 is 50.7 Å². The molecule has 1 N–H and O–H groups in total. The Bertz CT molecular complexity index is 1370. The lowest BCUT2D eigenvalue weighted by Crippen LogP contribution is -2.52. The van der Waals surface area contributed by atoms with Crippen LogP contribution in [0.3, 0.4) is 0 Å². The van der Waals surface area contributed by atoms with Gasteiger partial charge >= 0.3 is 0 Å². The molecule has 3 aromatic carbocycles. The number of nitrogens with zero attached hydrogens (tertiary/aromatic N) is 2. The van der Waals surface area contributed by atoms with Crippen molar-refractivity contribution in [2.45, 2.75) is 50.7 Å². The molecule has 0 aromatic heterocycles. The maximum Gasteiger partial charge on any atom is 0.264 e. The molecule has 3 aromatic rings. The van der Waals surface area contributed by atoms with Crippen LogP contribution in [0.2, 0.25) is 10.0 Å². The van der Waals surface area contributed by atoms with Gasteiger partial charge in [-0.05, 0) is 68.3 Å². The van der Waals surface area contributed by atoms with E-state index in [1.165, 1.54) is 23.1 Å². The predicted octanol–water partition coefficient (Wildman–Crippen LogP) is 5.52. The minimum absolute atomic E-state index is 0.0247. The zero-order valence-electron chi connectivity index (χ0n) is 21.5. The van der Waals surface area contributed by atoms with Gasteiger partial charge < -0.3 is 10.2 Å². The highest BCUT2D eigenvalue weighted by Gasteiger charge is 2.32. The van der Waals surface area contributed by atoms with Crippen molar-refractivity contribution in [3.8, 4) is 0 Å². The molecule has 7 nitrogen and oxygen atoms in total. The van der Waals surface area contributed by atoms with Crippen LogP contribution >= 0.6 is 23.2 Å². The number of amides is 2. The first kappa shape index (κ1) is 29.5. The van der Waals surface area contributed by atoms with E-state index < -0.39 is 28.5 Å². The second-order valence-electron chi connectivity index (χ2n) is 8.95. The number of sulfonamides is 1. The Morgan fingerprint density at radius 1 is 0.895 bits per heavy atom. The van der Waals surface area contributed by atoms with Gasteiger partial charge in [-0.25, -0.2) is 8.42 Å². The SMILES string of the molecule is CC[C@@H](C)NC(=O)[C@@H](C)N(Cc1cccc(Cl)c1)C(=O)CN(c1cccc(Cl)c1)S(=O)(=O)c1ccccc1. The van der Waals surface area contributed by atoms with Gasteiger partial charge in [0.2, 0.25) is 11.8 Å². The molecule has 0 saturated heterocycles. The van der Waals surface area contributed by atoms with E-state index in [-0.39, 0.29) is 29.1 Å². The van der Waals surface area contributed by atoms with E-state index in [0.717, 1.165) is 10.7 Å². The number of halogens is 2. The lowest BCUT2D eigenvalue weighted by molar-refractivity contribution is -0.139. The highest BCUT2D eigenvalue weighted by Crippen LogP contribution is 2.27. The number of carbonyl (C=O) groups is 2. The third-order valence-corrected chi connectivity index (χ3v) is 8.37. The van der Waals surface area contributed by atoms with E-state index in [1.807, 2.05) is 13.8 Å². The molecule has 0 aliphatic heterocycles.